The lowest BCUT2D eigenvalue weighted by atomic mass is 9.69. The molecule has 0 aromatic carbocycles. The summed E-state index contributed by atoms with van der Waals surface area (Å²) in [5.74, 6) is 3.51. The first-order valence-electron chi connectivity index (χ1n) is 6.89. The summed E-state index contributed by atoms with van der Waals surface area (Å²) in [6.07, 6.45) is 10.5. The van der Waals surface area contributed by atoms with Crippen LogP contribution in [0.25, 0.3) is 0 Å². The second-order valence-corrected chi connectivity index (χ2v) is 6.38. The maximum Gasteiger partial charge on any atom is -0.0257 e. The maximum atomic E-state index is 2.48. The van der Waals surface area contributed by atoms with Crippen molar-refractivity contribution in [2.45, 2.75) is 53.4 Å². The molecule has 0 saturated heterocycles. The summed E-state index contributed by atoms with van der Waals surface area (Å²) >= 11 is 0. The van der Waals surface area contributed by atoms with Gasteiger partial charge in [-0.15, -0.1) is 0 Å². The summed E-state index contributed by atoms with van der Waals surface area (Å²) < 4.78 is 0. The molecule has 0 aromatic heterocycles. The highest BCUT2D eigenvalue weighted by Crippen LogP contribution is 2.41. The highest BCUT2D eigenvalue weighted by molar-refractivity contribution is 5.11. The van der Waals surface area contributed by atoms with Gasteiger partial charge in [0, 0.05) is 0 Å². The molecule has 0 spiro atoms. The van der Waals surface area contributed by atoms with Crippen LogP contribution in [0.4, 0.5) is 0 Å². The predicted molar refractivity (Wildman–Crippen MR) is 71.3 cm³/mol. The molecule has 0 N–H and O–H groups in total. The van der Waals surface area contributed by atoms with Crippen LogP contribution >= 0.6 is 0 Å². The van der Waals surface area contributed by atoms with Crippen molar-refractivity contribution < 1.29 is 0 Å². The third-order valence-corrected chi connectivity index (χ3v) is 4.32. The van der Waals surface area contributed by atoms with Gasteiger partial charge in [-0.25, -0.2) is 0 Å². The Bertz CT molecular complexity index is 276. The van der Waals surface area contributed by atoms with Crippen LogP contribution in [0.3, 0.4) is 0 Å². The van der Waals surface area contributed by atoms with E-state index >= 15 is 0 Å². The van der Waals surface area contributed by atoms with E-state index in [0.717, 1.165) is 23.7 Å². The Kier molecular flexibility index (Phi) is 3.56. The van der Waals surface area contributed by atoms with Gasteiger partial charge >= 0.3 is 0 Å². The van der Waals surface area contributed by atoms with Crippen LogP contribution in [0.15, 0.2) is 23.3 Å². The zero-order chi connectivity index (χ0) is 11.7. The van der Waals surface area contributed by atoms with Gasteiger partial charge in [0.1, 0.15) is 0 Å². The third-order valence-electron chi connectivity index (χ3n) is 4.32. The Morgan fingerprint density at radius 3 is 1.50 bits per heavy atom. The smallest absolute Gasteiger partial charge is 0.0257 e. The largest absolute Gasteiger partial charge is 0.0827 e. The summed E-state index contributed by atoms with van der Waals surface area (Å²) in [6, 6.07) is 0. The minimum atomic E-state index is 0.806. The summed E-state index contributed by atoms with van der Waals surface area (Å²) in [5, 5.41) is 0. The zero-order valence-electron chi connectivity index (χ0n) is 11.3. The van der Waals surface area contributed by atoms with E-state index < -0.39 is 0 Å². The van der Waals surface area contributed by atoms with E-state index in [1.807, 2.05) is 0 Å². The molecular formula is C16H26. The number of rotatable bonds is 1. The van der Waals surface area contributed by atoms with Gasteiger partial charge < -0.3 is 0 Å². The Labute approximate surface area is 101 Å². The van der Waals surface area contributed by atoms with Gasteiger partial charge in [0.25, 0.3) is 0 Å². The van der Waals surface area contributed by atoms with E-state index in [9.17, 15) is 0 Å². The summed E-state index contributed by atoms with van der Waals surface area (Å²) in [7, 11) is 0. The number of hydrogen-bond donors (Lipinski definition) is 0. The first-order chi connectivity index (χ1) is 7.54. The third kappa shape index (κ3) is 2.78. The van der Waals surface area contributed by atoms with E-state index in [1.165, 1.54) is 25.7 Å². The molecule has 4 atom stereocenters. The van der Waals surface area contributed by atoms with Gasteiger partial charge in [-0.3, -0.25) is 0 Å². The van der Waals surface area contributed by atoms with E-state index in [4.69, 9.17) is 0 Å². The monoisotopic (exact) mass is 218 g/mol. The molecule has 0 bridgehead atoms. The first-order valence-corrected chi connectivity index (χ1v) is 6.89. The minimum Gasteiger partial charge on any atom is -0.0827 e. The Hall–Kier alpha value is -0.520. The van der Waals surface area contributed by atoms with Crippen molar-refractivity contribution in [1.82, 2.24) is 0 Å². The van der Waals surface area contributed by atoms with Gasteiger partial charge in [0.15, 0.2) is 0 Å². The molecule has 0 heterocycles. The molecule has 0 nitrogen and oxygen atoms in total. The molecule has 0 amide bonds. The normalized spacial score (nSPS) is 40.2. The number of hydrogen-bond acceptors (Lipinski definition) is 0. The molecule has 2 aliphatic rings. The predicted octanol–water partition coefficient (Wildman–Crippen LogP) is 4.97. The molecular weight excluding hydrogens is 192 g/mol. The molecule has 4 unspecified atom stereocenters. The Morgan fingerprint density at radius 2 is 1.19 bits per heavy atom. The molecule has 0 aliphatic heterocycles. The lowest BCUT2D eigenvalue weighted by molar-refractivity contribution is 0.233. The fraction of sp³-hybridized carbons (Fsp3) is 0.750. The second kappa shape index (κ2) is 4.77. The average Bonchev–Trinajstić information content (AvgIpc) is 2.14. The van der Waals surface area contributed by atoms with Crippen LogP contribution < -0.4 is 0 Å². The molecule has 0 saturated carbocycles. The van der Waals surface area contributed by atoms with Gasteiger partial charge in [0.2, 0.25) is 0 Å². The quantitative estimate of drug-likeness (QED) is 0.545. The van der Waals surface area contributed by atoms with E-state index in [0.29, 0.717) is 0 Å². The molecule has 0 aromatic rings. The van der Waals surface area contributed by atoms with Crippen molar-refractivity contribution >= 4 is 0 Å². The fourth-order valence-electron chi connectivity index (χ4n) is 3.91. The van der Waals surface area contributed by atoms with E-state index in [1.54, 1.807) is 11.1 Å². The molecule has 90 valence electrons. The van der Waals surface area contributed by atoms with Crippen LogP contribution in [0.2, 0.25) is 0 Å². The summed E-state index contributed by atoms with van der Waals surface area (Å²) in [4.78, 5) is 0. The van der Waals surface area contributed by atoms with Gasteiger partial charge in [-0.1, -0.05) is 37.1 Å². The molecule has 16 heavy (non-hydrogen) atoms. The highest BCUT2D eigenvalue weighted by atomic mass is 14.3. The lowest BCUT2D eigenvalue weighted by Crippen LogP contribution is -2.24. The highest BCUT2D eigenvalue weighted by Gasteiger charge is 2.29. The summed E-state index contributed by atoms with van der Waals surface area (Å²) in [5.41, 5.74) is 3.26. The van der Waals surface area contributed by atoms with Gasteiger partial charge in [-0.05, 0) is 63.2 Å². The number of allylic oxidation sites excluding steroid dienone is 4. The van der Waals surface area contributed by atoms with Crippen molar-refractivity contribution in [1.29, 1.82) is 0 Å². The minimum absolute atomic E-state index is 0.806. The first kappa shape index (κ1) is 12.0. The van der Waals surface area contributed by atoms with Crippen molar-refractivity contribution in [3.05, 3.63) is 23.3 Å². The Morgan fingerprint density at radius 1 is 0.812 bits per heavy atom. The van der Waals surface area contributed by atoms with Crippen molar-refractivity contribution in [3.8, 4) is 0 Å². The Balaban J connectivity index is 2.04. The standard InChI is InChI=1S/C16H26/c1-11-5-12(2)8-15(7-11)16-9-13(3)6-14(4)10-16/h5-6,11,13,15-16H,7-10H2,1-4H3. The van der Waals surface area contributed by atoms with Gasteiger partial charge in [0.05, 0.1) is 0 Å². The molecule has 0 fully saturated rings. The second-order valence-electron chi connectivity index (χ2n) is 6.38. The van der Waals surface area contributed by atoms with Crippen molar-refractivity contribution in [2.24, 2.45) is 23.7 Å². The van der Waals surface area contributed by atoms with Crippen LogP contribution in [0.1, 0.15) is 53.4 Å². The van der Waals surface area contributed by atoms with Crippen LogP contribution in [0.5, 0.6) is 0 Å². The van der Waals surface area contributed by atoms with Crippen molar-refractivity contribution in [2.75, 3.05) is 0 Å². The average molecular weight is 218 g/mol. The fourth-order valence-corrected chi connectivity index (χ4v) is 3.91. The maximum absolute atomic E-state index is 2.48. The molecule has 0 radical (unpaired) electrons. The van der Waals surface area contributed by atoms with Crippen molar-refractivity contribution in [3.63, 3.8) is 0 Å². The van der Waals surface area contributed by atoms with Crippen LogP contribution in [-0.4, -0.2) is 0 Å². The van der Waals surface area contributed by atoms with Crippen LogP contribution in [-0.2, 0) is 0 Å². The molecule has 2 aliphatic carbocycles. The van der Waals surface area contributed by atoms with E-state index in [-0.39, 0.29) is 0 Å². The molecule has 0 heteroatoms. The van der Waals surface area contributed by atoms with Gasteiger partial charge in [-0.2, -0.15) is 0 Å². The summed E-state index contributed by atoms with van der Waals surface area (Å²) in [6.45, 7) is 9.39. The SMILES string of the molecule is CC1=CC(C)CC(C2CC(C)=CC(C)C2)C1. The van der Waals surface area contributed by atoms with E-state index in [2.05, 4.69) is 39.8 Å². The van der Waals surface area contributed by atoms with Crippen LogP contribution in [0, 0.1) is 23.7 Å². The lowest BCUT2D eigenvalue weighted by Gasteiger charge is -2.36. The molecule has 2 rings (SSSR count). The topological polar surface area (TPSA) is 0 Å². The zero-order valence-corrected chi connectivity index (χ0v) is 11.3.